The van der Waals surface area contributed by atoms with Crippen LogP contribution in [0.15, 0.2) is 84.2 Å². The van der Waals surface area contributed by atoms with Gasteiger partial charge >= 0.3 is 6.03 Å². The van der Waals surface area contributed by atoms with Gasteiger partial charge in [-0.15, -0.1) is 0 Å². The maximum absolute atomic E-state index is 12.7. The fourth-order valence-corrected chi connectivity index (χ4v) is 3.43. The van der Waals surface area contributed by atoms with Gasteiger partial charge in [0.05, 0.1) is 12.2 Å². The summed E-state index contributed by atoms with van der Waals surface area (Å²) in [4.78, 5) is 17.0. The average molecular weight is 406 g/mol. The summed E-state index contributed by atoms with van der Waals surface area (Å²) in [6.45, 7) is 0. The van der Waals surface area contributed by atoms with Crippen LogP contribution < -0.4 is 5.32 Å². The number of benzene rings is 2. The van der Waals surface area contributed by atoms with Crippen molar-refractivity contribution in [1.82, 2.24) is 19.6 Å². The smallest absolute Gasteiger partial charge is 0.306 e. The van der Waals surface area contributed by atoms with E-state index in [0.717, 1.165) is 16.8 Å². The molecule has 0 radical (unpaired) electrons. The molecule has 2 aromatic carbocycles. The quantitative estimate of drug-likeness (QED) is 0.510. The number of fused-ring (bicyclic) bond motifs is 1. The lowest BCUT2D eigenvalue weighted by atomic mass is 10.1. The highest BCUT2D eigenvalue weighted by Crippen LogP contribution is 2.28. The Balaban J connectivity index is 1.28. The number of imidazole rings is 1. The van der Waals surface area contributed by atoms with E-state index in [1.54, 1.807) is 23.1 Å². The summed E-state index contributed by atoms with van der Waals surface area (Å²) < 4.78 is 1.70. The van der Waals surface area contributed by atoms with Crippen molar-refractivity contribution in [2.75, 3.05) is 5.32 Å². The highest BCUT2D eigenvalue weighted by molar-refractivity contribution is 5.91. The number of anilines is 1. The number of nitrogens with zero attached hydrogens (tertiary/aromatic N) is 5. The normalized spacial score (nSPS) is 15.0. The second kappa shape index (κ2) is 8.13. The molecule has 0 aliphatic carbocycles. The number of amides is 2. The lowest BCUT2D eigenvalue weighted by Crippen LogP contribution is -2.31. The highest BCUT2D eigenvalue weighted by Gasteiger charge is 2.28. The molecule has 1 aliphatic heterocycles. The van der Waals surface area contributed by atoms with E-state index in [1.165, 1.54) is 5.01 Å². The fourth-order valence-electron chi connectivity index (χ4n) is 3.43. The predicted octanol–water partition coefficient (Wildman–Crippen LogP) is 4.09. The second-order valence-corrected chi connectivity index (χ2v) is 7.00. The molecule has 31 heavy (non-hydrogen) atoms. The zero-order valence-electron chi connectivity index (χ0n) is 16.5. The topological polar surface area (TPSA) is 74.9 Å². The molecular weight excluding hydrogens is 388 g/mol. The summed E-state index contributed by atoms with van der Waals surface area (Å²) in [6.07, 6.45) is 5.86. The van der Waals surface area contributed by atoms with Crippen LogP contribution in [0.25, 0.3) is 5.65 Å². The van der Waals surface area contributed by atoms with Crippen molar-refractivity contribution in [2.45, 2.75) is 12.5 Å². The Bertz CT molecular complexity index is 1310. The maximum Gasteiger partial charge on any atom is 0.342 e. The Morgan fingerprint density at radius 1 is 1.00 bits per heavy atom. The van der Waals surface area contributed by atoms with E-state index < -0.39 is 0 Å². The van der Waals surface area contributed by atoms with Gasteiger partial charge in [0.2, 0.25) is 0 Å². The van der Waals surface area contributed by atoms with Gasteiger partial charge in [0.1, 0.15) is 5.69 Å². The van der Waals surface area contributed by atoms with Gasteiger partial charge in [0, 0.05) is 30.1 Å². The monoisotopic (exact) mass is 406 g/mol. The molecule has 3 heterocycles. The summed E-state index contributed by atoms with van der Waals surface area (Å²) >= 11 is 0. The van der Waals surface area contributed by atoms with Crippen LogP contribution in [-0.2, 0) is 0 Å². The van der Waals surface area contributed by atoms with Gasteiger partial charge in [0.25, 0.3) is 0 Å². The van der Waals surface area contributed by atoms with Crippen LogP contribution >= 0.6 is 0 Å². The van der Waals surface area contributed by atoms with Crippen molar-refractivity contribution in [3.63, 3.8) is 0 Å². The minimum Gasteiger partial charge on any atom is -0.306 e. The molecule has 0 bridgehead atoms. The van der Waals surface area contributed by atoms with Crippen molar-refractivity contribution in [2.24, 2.45) is 5.10 Å². The number of hydrazone groups is 1. The number of urea groups is 1. The zero-order valence-corrected chi connectivity index (χ0v) is 16.5. The van der Waals surface area contributed by atoms with Gasteiger partial charge < -0.3 is 5.32 Å². The van der Waals surface area contributed by atoms with Crippen LogP contribution in [0.2, 0.25) is 0 Å². The number of rotatable bonds is 2. The Kier molecular flexibility index (Phi) is 4.87. The van der Waals surface area contributed by atoms with Crippen LogP contribution in [0.5, 0.6) is 0 Å². The number of hydrogen-bond acceptors (Lipinski definition) is 4. The van der Waals surface area contributed by atoms with Crippen molar-refractivity contribution < 1.29 is 4.79 Å². The molecule has 0 saturated carbocycles. The van der Waals surface area contributed by atoms with Gasteiger partial charge in [-0.2, -0.15) is 10.2 Å². The van der Waals surface area contributed by atoms with Crippen molar-refractivity contribution in [1.29, 1.82) is 0 Å². The first-order chi connectivity index (χ1) is 15.3. The Morgan fingerprint density at radius 3 is 2.68 bits per heavy atom. The minimum atomic E-state index is -0.266. The van der Waals surface area contributed by atoms with Gasteiger partial charge in [-0.25, -0.2) is 19.3 Å². The molecule has 4 aromatic rings. The first kappa shape index (κ1) is 18.6. The predicted molar refractivity (Wildman–Crippen MR) is 119 cm³/mol. The lowest BCUT2D eigenvalue weighted by molar-refractivity contribution is 0.200. The summed E-state index contributed by atoms with van der Waals surface area (Å²) in [5.41, 5.74) is 4.03. The number of aromatic nitrogens is 3. The van der Waals surface area contributed by atoms with Gasteiger partial charge in [0.15, 0.2) is 5.65 Å². The second-order valence-electron chi connectivity index (χ2n) is 7.00. The third-order valence-electron chi connectivity index (χ3n) is 4.97. The fraction of sp³-hybridized carbons (Fsp3) is 0.0833. The van der Waals surface area contributed by atoms with E-state index in [0.29, 0.717) is 17.8 Å². The summed E-state index contributed by atoms with van der Waals surface area (Å²) in [5, 5.41) is 12.9. The maximum atomic E-state index is 12.7. The summed E-state index contributed by atoms with van der Waals surface area (Å²) in [5.74, 6) is 6.19. The summed E-state index contributed by atoms with van der Waals surface area (Å²) in [6, 6.07) is 20.6. The minimum absolute atomic E-state index is 0.0922. The third kappa shape index (κ3) is 3.87. The van der Waals surface area contributed by atoms with Crippen LogP contribution in [-0.4, -0.2) is 31.9 Å². The van der Waals surface area contributed by atoms with E-state index in [4.69, 9.17) is 0 Å². The molecule has 0 saturated heterocycles. The van der Waals surface area contributed by atoms with E-state index in [9.17, 15) is 4.79 Å². The third-order valence-corrected chi connectivity index (χ3v) is 4.97. The van der Waals surface area contributed by atoms with E-state index in [1.807, 2.05) is 66.7 Å². The van der Waals surface area contributed by atoms with E-state index >= 15 is 0 Å². The molecule has 0 spiro atoms. The molecular formula is C24H18N6O. The molecule has 1 N–H and O–H groups in total. The highest BCUT2D eigenvalue weighted by atomic mass is 16.2. The van der Waals surface area contributed by atoms with Crippen LogP contribution in [0.3, 0.4) is 0 Å². The van der Waals surface area contributed by atoms with Crippen molar-refractivity contribution >= 4 is 23.6 Å². The first-order valence-electron chi connectivity index (χ1n) is 9.86. The number of nitrogens with one attached hydrogen (secondary N) is 1. The number of carbonyl (C=O) groups is 1. The van der Waals surface area contributed by atoms with Gasteiger partial charge in [-0.3, -0.25) is 0 Å². The molecule has 2 aromatic heterocycles. The molecule has 2 amide bonds. The molecule has 1 atom stereocenters. The standard InChI is InChI=1S/C24H18N6O/c31-24(30-22(14-16-27-30)19-5-2-1-3-6-19)28-20-11-8-18(9-12-20)10-13-21-17-25-23-7-4-15-26-29(21)23/h1-9,11-12,15-17,22H,14H2,(H,28,31). The summed E-state index contributed by atoms with van der Waals surface area (Å²) in [7, 11) is 0. The Hall–Kier alpha value is -4.44. The SMILES string of the molecule is O=C(Nc1ccc(C#Cc2cnc3cccnn23)cc1)N1N=CCC1c1ccccc1. The molecule has 150 valence electrons. The average Bonchev–Trinajstić information content (AvgIpc) is 3.47. The lowest BCUT2D eigenvalue weighted by Gasteiger charge is -2.22. The zero-order chi connectivity index (χ0) is 21.0. The molecule has 7 heteroatoms. The molecule has 1 aliphatic rings. The Morgan fingerprint density at radius 2 is 1.84 bits per heavy atom. The molecule has 0 fully saturated rings. The van der Waals surface area contributed by atoms with Gasteiger partial charge in [-0.05, 0) is 47.9 Å². The van der Waals surface area contributed by atoms with Crippen molar-refractivity contribution in [3.8, 4) is 11.8 Å². The van der Waals surface area contributed by atoms with Crippen LogP contribution in [0.4, 0.5) is 10.5 Å². The largest absolute Gasteiger partial charge is 0.342 e. The molecule has 7 nitrogen and oxygen atoms in total. The van der Waals surface area contributed by atoms with Gasteiger partial charge in [-0.1, -0.05) is 36.3 Å². The molecule has 1 unspecified atom stereocenters. The van der Waals surface area contributed by atoms with Crippen LogP contribution in [0.1, 0.15) is 29.3 Å². The number of hydrogen-bond donors (Lipinski definition) is 1. The Labute approximate surface area is 179 Å². The van der Waals surface area contributed by atoms with Crippen LogP contribution in [0, 0.1) is 11.8 Å². The van der Waals surface area contributed by atoms with E-state index in [2.05, 4.69) is 32.3 Å². The molecule has 5 rings (SSSR count). The van der Waals surface area contributed by atoms with Crippen molar-refractivity contribution in [3.05, 3.63) is 95.9 Å². The van der Waals surface area contributed by atoms with E-state index in [-0.39, 0.29) is 12.1 Å². The number of carbonyl (C=O) groups excluding carboxylic acids is 1. The first-order valence-corrected chi connectivity index (χ1v) is 9.86.